The minimum atomic E-state index is -3.31. The second kappa shape index (κ2) is 7.59. The van der Waals surface area contributed by atoms with E-state index in [4.69, 9.17) is 15.4 Å². The molecule has 0 saturated heterocycles. The zero-order valence-electron chi connectivity index (χ0n) is 10.5. The monoisotopic (exact) mass is 282 g/mol. The molecule has 0 aromatic rings. The van der Waals surface area contributed by atoms with Gasteiger partial charge < -0.3 is 4.74 Å². The highest BCUT2D eigenvalue weighted by atomic mass is 35.7. The van der Waals surface area contributed by atoms with Crippen LogP contribution < -0.4 is 0 Å². The third kappa shape index (κ3) is 7.27. The molecule has 0 aromatic heterocycles. The van der Waals surface area contributed by atoms with Crippen molar-refractivity contribution in [3.8, 4) is 0 Å². The predicted molar refractivity (Wildman–Crippen MR) is 70.9 cm³/mol. The van der Waals surface area contributed by atoms with Crippen LogP contribution in [0.4, 0.5) is 0 Å². The first kappa shape index (κ1) is 15.3. The van der Waals surface area contributed by atoms with Crippen molar-refractivity contribution in [3.63, 3.8) is 0 Å². The van der Waals surface area contributed by atoms with E-state index in [0.717, 1.165) is 19.4 Å². The topological polar surface area (TPSA) is 43.4 Å². The highest BCUT2D eigenvalue weighted by molar-refractivity contribution is 8.13. The smallest absolute Gasteiger partial charge is 0.232 e. The van der Waals surface area contributed by atoms with Gasteiger partial charge in [0.25, 0.3) is 0 Å². The summed E-state index contributed by atoms with van der Waals surface area (Å²) >= 11 is 0. The van der Waals surface area contributed by atoms with E-state index in [1.165, 1.54) is 25.7 Å². The molecule has 0 N–H and O–H groups in total. The fraction of sp³-hybridized carbons (Fsp3) is 1.00. The Morgan fingerprint density at radius 3 is 2.53 bits per heavy atom. The maximum Gasteiger partial charge on any atom is 0.232 e. The quantitative estimate of drug-likeness (QED) is 0.531. The highest BCUT2D eigenvalue weighted by Crippen LogP contribution is 2.26. The Morgan fingerprint density at radius 1 is 1.18 bits per heavy atom. The summed E-state index contributed by atoms with van der Waals surface area (Å²) in [5.41, 5.74) is 0. The van der Waals surface area contributed by atoms with Crippen LogP contribution in [0.1, 0.15) is 51.9 Å². The number of rotatable bonds is 7. The minimum Gasteiger partial charge on any atom is -0.378 e. The molecule has 0 radical (unpaired) electrons. The van der Waals surface area contributed by atoms with Crippen molar-refractivity contribution in [2.45, 2.75) is 58.0 Å². The van der Waals surface area contributed by atoms with Crippen LogP contribution >= 0.6 is 10.7 Å². The van der Waals surface area contributed by atoms with E-state index in [-0.39, 0.29) is 5.75 Å². The third-order valence-corrected chi connectivity index (χ3v) is 4.64. The molecule has 1 rings (SSSR count). The summed E-state index contributed by atoms with van der Waals surface area (Å²) in [6.07, 6.45) is 7.90. The second-order valence-corrected chi connectivity index (χ2v) is 7.87. The Labute approximate surface area is 109 Å². The van der Waals surface area contributed by atoms with E-state index in [1.807, 2.05) is 0 Å². The lowest BCUT2D eigenvalue weighted by Crippen LogP contribution is -2.25. The Morgan fingerprint density at radius 2 is 1.88 bits per heavy atom. The van der Waals surface area contributed by atoms with Crippen LogP contribution in [0.3, 0.4) is 0 Å². The molecule has 1 aliphatic rings. The summed E-state index contributed by atoms with van der Waals surface area (Å²) in [5, 5.41) is 0. The van der Waals surface area contributed by atoms with Crippen molar-refractivity contribution < 1.29 is 13.2 Å². The molecule has 102 valence electrons. The van der Waals surface area contributed by atoms with Crippen molar-refractivity contribution in [3.05, 3.63) is 0 Å². The Bertz CT molecular complexity index is 303. The summed E-state index contributed by atoms with van der Waals surface area (Å²) in [7, 11) is 1.82. The van der Waals surface area contributed by atoms with Gasteiger partial charge >= 0.3 is 0 Å². The zero-order chi connectivity index (χ0) is 12.7. The molecule has 3 nitrogen and oxygen atoms in total. The van der Waals surface area contributed by atoms with Crippen LogP contribution in [0.2, 0.25) is 0 Å². The third-order valence-electron chi connectivity index (χ3n) is 3.40. The molecule has 0 spiro atoms. The Kier molecular flexibility index (Phi) is 6.82. The van der Waals surface area contributed by atoms with E-state index < -0.39 is 9.05 Å². The van der Waals surface area contributed by atoms with Gasteiger partial charge in [0.1, 0.15) is 0 Å². The van der Waals surface area contributed by atoms with Gasteiger partial charge in [-0.2, -0.15) is 0 Å². The summed E-state index contributed by atoms with van der Waals surface area (Å²) in [6.45, 7) is 3.00. The number of unbranched alkanes of at least 4 members (excludes halogenated alkanes) is 2. The lowest BCUT2D eigenvalue weighted by Gasteiger charge is -2.28. The van der Waals surface area contributed by atoms with Crippen LogP contribution in [-0.4, -0.2) is 26.9 Å². The normalized spacial score (nSPS) is 26.0. The fourth-order valence-corrected chi connectivity index (χ4v) is 3.19. The van der Waals surface area contributed by atoms with Crippen molar-refractivity contribution in [2.75, 3.05) is 12.4 Å². The van der Waals surface area contributed by atoms with Gasteiger partial charge in [-0.05, 0) is 31.6 Å². The molecule has 0 heterocycles. The minimum absolute atomic E-state index is 0.0778. The molecule has 0 amide bonds. The summed E-state index contributed by atoms with van der Waals surface area (Å²) < 4.78 is 27.2. The molecule has 1 fully saturated rings. The van der Waals surface area contributed by atoms with Gasteiger partial charge in [0.05, 0.1) is 11.9 Å². The SMILES string of the molecule is CC1CCCCC1OCCCCCS(=O)(=O)Cl. The van der Waals surface area contributed by atoms with E-state index in [0.29, 0.717) is 18.4 Å². The summed E-state index contributed by atoms with van der Waals surface area (Å²) in [4.78, 5) is 0. The van der Waals surface area contributed by atoms with Gasteiger partial charge in [0.15, 0.2) is 0 Å². The first-order chi connectivity index (χ1) is 7.99. The van der Waals surface area contributed by atoms with E-state index in [1.54, 1.807) is 0 Å². The molecule has 0 bridgehead atoms. The maximum atomic E-state index is 10.7. The molecular formula is C12H23ClO3S. The van der Waals surface area contributed by atoms with Crippen molar-refractivity contribution in [1.29, 1.82) is 0 Å². The number of hydrogen-bond acceptors (Lipinski definition) is 3. The van der Waals surface area contributed by atoms with Crippen molar-refractivity contribution in [1.82, 2.24) is 0 Å². The Hall–Kier alpha value is 0.200. The molecule has 17 heavy (non-hydrogen) atoms. The number of ether oxygens (including phenoxy) is 1. The average Bonchev–Trinajstić information content (AvgIpc) is 2.24. The van der Waals surface area contributed by atoms with Crippen LogP contribution in [0, 0.1) is 5.92 Å². The average molecular weight is 283 g/mol. The lowest BCUT2D eigenvalue weighted by atomic mass is 9.88. The predicted octanol–water partition coefficient (Wildman–Crippen LogP) is 3.32. The molecule has 0 aliphatic heterocycles. The molecule has 2 atom stereocenters. The fourth-order valence-electron chi connectivity index (χ4n) is 2.32. The molecule has 5 heteroatoms. The maximum absolute atomic E-state index is 10.7. The van der Waals surface area contributed by atoms with Crippen LogP contribution in [0.25, 0.3) is 0 Å². The summed E-state index contributed by atoms with van der Waals surface area (Å²) in [5.74, 6) is 0.751. The first-order valence-corrected chi connectivity index (χ1v) is 9.01. The standard InChI is InChI=1S/C12H23ClO3S/c1-11-7-3-4-8-12(11)16-9-5-2-6-10-17(13,14)15/h11-12H,2-10H2,1H3. The van der Waals surface area contributed by atoms with E-state index in [9.17, 15) is 8.42 Å². The number of halogens is 1. The molecule has 0 aromatic carbocycles. The highest BCUT2D eigenvalue weighted by Gasteiger charge is 2.21. The van der Waals surface area contributed by atoms with Gasteiger partial charge in [0.2, 0.25) is 9.05 Å². The molecular weight excluding hydrogens is 260 g/mol. The second-order valence-electron chi connectivity index (χ2n) is 4.97. The largest absolute Gasteiger partial charge is 0.378 e. The van der Waals surface area contributed by atoms with Gasteiger partial charge in [-0.3, -0.25) is 0 Å². The molecule has 1 saturated carbocycles. The van der Waals surface area contributed by atoms with Gasteiger partial charge in [-0.1, -0.05) is 26.2 Å². The van der Waals surface area contributed by atoms with Gasteiger partial charge in [-0.25, -0.2) is 8.42 Å². The Balaban J connectivity index is 2.00. The lowest BCUT2D eigenvalue weighted by molar-refractivity contribution is -0.00643. The van der Waals surface area contributed by atoms with Crippen molar-refractivity contribution in [2.24, 2.45) is 5.92 Å². The zero-order valence-corrected chi connectivity index (χ0v) is 12.1. The van der Waals surface area contributed by atoms with E-state index >= 15 is 0 Å². The van der Waals surface area contributed by atoms with Gasteiger partial charge in [0, 0.05) is 17.3 Å². The molecule has 2 unspecified atom stereocenters. The van der Waals surface area contributed by atoms with Crippen LogP contribution in [-0.2, 0) is 13.8 Å². The van der Waals surface area contributed by atoms with Crippen LogP contribution in [0.5, 0.6) is 0 Å². The number of hydrogen-bond donors (Lipinski definition) is 0. The van der Waals surface area contributed by atoms with Crippen molar-refractivity contribution >= 4 is 19.7 Å². The van der Waals surface area contributed by atoms with Gasteiger partial charge in [-0.15, -0.1) is 0 Å². The van der Waals surface area contributed by atoms with E-state index in [2.05, 4.69) is 6.92 Å². The molecule has 1 aliphatic carbocycles. The summed E-state index contributed by atoms with van der Waals surface area (Å²) in [6, 6.07) is 0. The van der Waals surface area contributed by atoms with Crippen LogP contribution in [0.15, 0.2) is 0 Å². The first-order valence-electron chi connectivity index (χ1n) is 6.53.